The van der Waals surface area contributed by atoms with Gasteiger partial charge >= 0.3 is 11.9 Å². The summed E-state index contributed by atoms with van der Waals surface area (Å²) in [5, 5.41) is 10.8. The number of aliphatic carboxylic acids is 1. The maximum Gasteiger partial charge on any atom is 0.394 e. The molecule has 0 fully saturated rings. The Hall–Kier alpha value is -1.10. The molecular weight excluding hydrogens is 160 g/mol. The molecule has 0 saturated carbocycles. The summed E-state index contributed by atoms with van der Waals surface area (Å²) in [7, 11) is 5.19. The summed E-state index contributed by atoms with van der Waals surface area (Å²) < 4.78 is 0. The van der Waals surface area contributed by atoms with E-state index in [4.69, 9.17) is 5.11 Å². The van der Waals surface area contributed by atoms with Crippen LogP contribution in [-0.2, 0) is 9.59 Å². The van der Waals surface area contributed by atoms with Gasteiger partial charge in [0.05, 0.1) is 0 Å². The number of nitrogens with one attached hydrogen (secondary N) is 1. The first-order chi connectivity index (χ1) is 5.51. The van der Waals surface area contributed by atoms with Gasteiger partial charge in [-0.05, 0) is 21.0 Å². The van der Waals surface area contributed by atoms with E-state index >= 15 is 0 Å². The standard InChI is InChI=1S/C5H9NO3.C2H7N/c1-3-6(2)4(7)5(8)9;1-3-2/h3H2,1-2H3,(H,8,9);3H,1-2H3. The van der Waals surface area contributed by atoms with E-state index in [1.165, 1.54) is 7.05 Å². The Bertz CT molecular complexity index is 148. The number of amides is 1. The Morgan fingerprint density at radius 2 is 1.75 bits per heavy atom. The van der Waals surface area contributed by atoms with Crippen LogP contribution >= 0.6 is 0 Å². The fourth-order valence-electron chi connectivity index (χ4n) is 0.307. The highest BCUT2D eigenvalue weighted by atomic mass is 16.4. The van der Waals surface area contributed by atoms with Crippen LogP contribution in [0.2, 0.25) is 0 Å². The predicted octanol–water partition coefficient (Wildman–Crippen LogP) is -0.615. The lowest BCUT2D eigenvalue weighted by Crippen LogP contribution is -2.32. The normalized spacial score (nSPS) is 8.00. The minimum absolute atomic E-state index is 0.422. The summed E-state index contributed by atoms with van der Waals surface area (Å²) in [5.74, 6) is -2.27. The lowest BCUT2D eigenvalue weighted by Gasteiger charge is -2.09. The molecule has 2 N–H and O–H groups in total. The Labute approximate surface area is 72.4 Å². The molecule has 0 spiro atoms. The number of rotatable bonds is 1. The van der Waals surface area contributed by atoms with E-state index in [2.05, 4.69) is 5.32 Å². The number of nitrogens with zero attached hydrogens (tertiary/aromatic N) is 1. The molecule has 0 radical (unpaired) electrons. The number of carboxylic acids is 1. The van der Waals surface area contributed by atoms with Gasteiger partial charge in [0.15, 0.2) is 0 Å². The largest absolute Gasteiger partial charge is 0.474 e. The molecule has 0 atom stereocenters. The summed E-state index contributed by atoms with van der Waals surface area (Å²) >= 11 is 0. The van der Waals surface area contributed by atoms with E-state index in [-0.39, 0.29) is 0 Å². The van der Waals surface area contributed by atoms with Gasteiger partial charge in [-0.1, -0.05) is 0 Å². The monoisotopic (exact) mass is 176 g/mol. The van der Waals surface area contributed by atoms with Gasteiger partial charge in [-0.15, -0.1) is 0 Å². The van der Waals surface area contributed by atoms with E-state index in [9.17, 15) is 9.59 Å². The molecule has 0 aromatic rings. The molecule has 5 heteroatoms. The summed E-state index contributed by atoms with van der Waals surface area (Å²) in [6.07, 6.45) is 0. The number of hydrogen-bond donors (Lipinski definition) is 2. The van der Waals surface area contributed by atoms with E-state index in [1.807, 2.05) is 14.1 Å². The van der Waals surface area contributed by atoms with E-state index in [0.717, 1.165) is 4.90 Å². The summed E-state index contributed by atoms with van der Waals surface area (Å²) in [6.45, 7) is 2.13. The number of carboxylic acid groups (broad SMARTS) is 1. The maximum atomic E-state index is 10.4. The number of carbonyl (C=O) groups is 2. The predicted molar refractivity (Wildman–Crippen MR) is 45.9 cm³/mol. The molecule has 12 heavy (non-hydrogen) atoms. The molecule has 0 rings (SSSR count). The summed E-state index contributed by atoms with van der Waals surface area (Å²) in [4.78, 5) is 21.4. The highest BCUT2D eigenvalue weighted by molar-refractivity contribution is 6.31. The van der Waals surface area contributed by atoms with Gasteiger partial charge in [0.25, 0.3) is 0 Å². The Morgan fingerprint density at radius 1 is 1.42 bits per heavy atom. The molecule has 0 bridgehead atoms. The Kier molecular flexibility index (Phi) is 8.99. The van der Waals surface area contributed by atoms with Gasteiger partial charge in [0.2, 0.25) is 0 Å². The highest BCUT2D eigenvalue weighted by Crippen LogP contribution is 1.81. The molecule has 0 aliphatic rings. The second-order valence-electron chi connectivity index (χ2n) is 2.12. The van der Waals surface area contributed by atoms with Crippen molar-refractivity contribution in [2.45, 2.75) is 6.92 Å². The van der Waals surface area contributed by atoms with Crippen LogP contribution in [-0.4, -0.2) is 49.6 Å². The van der Waals surface area contributed by atoms with E-state index in [1.54, 1.807) is 6.92 Å². The molecule has 0 unspecified atom stereocenters. The van der Waals surface area contributed by atoms with E-state index < -0.39 is 11.9 Å². The number of carbonyl (C=O) groups excluding carboxylic acids is 1. The Morgan fingerprint density at radius 3 is 1.83 bits per heavy atom. The van der Waals surface area contributed by atoms with Gasteiger partial charge in [-0.2, -0.15) is 0 Å². The van der Waals surface area contributed by atoms with Crippen LogP contribution in [0.25, 0.3) is 0 Å². The SMILES string of the molecule is CCN(C)C(=O)C(=O)O.CNC. The van der Waals surface area contributed by atoms with Crippen LogP contribution in [0.5, 0.6) is 0 Å². The van der Waals surface area contributed by atoms with Crippen molar-refractivity contribution in [3.8, 4) is 0 Å². The maximum absolute atomic E-state index is 10.4. The topological polar surface area (TPSA) is 69.6 Å². The average Bonchev–Trinajstić information content (AvgIpc) is 2.03. The molecule has 0 aromatic heterocycles. The quantitative estimate of drug-likeness (QED) is 0.523. The van der Waals surface area contributed by atoms with Crippen molar-refractivity contribution in [2.75, 3.05) is 27.7 Å². The van der Waals surface area contributed by atoms with Crippen molar-refractivity contribution >= 4 is 11.9 Å². The molecule has 72 valence electrons. The molecule has 1 amide bonds. The van der Waals surface area contributed by atoms with Crippen LogP contribution in [0.4, 0.5) is 0 Å². The Balaban J connectivity index is 0. The lowest BCUT2D eigenvalue weighted by molar-refractivity contribution is -0.155. The fraction of sp³-hybridized carbons (Fsp3) is 0.714. The first kappa shape index (κ1) is 13.5. The van der Waals surface area contributed by atoms with Crippen molar-refractivity contribution in [1.29, 1.82) is 0 Å². The van der Waals surface area contributed by atoms with Crippen molar-refractivity contribution in [3.63, 3.8) is 0 Å². The third-order valence-electron chi connectivity index (χ3n) is 1.00. The lowest BCUT2D eigenvalue weighted by atomic mass is 10.5. The fourth-order valence-corrected chi connectivity index (χ4v) is 0.307. The second-order valence-corrected chi connectivity index (χ2v) is 2.12. The third kappa shape index (κ3) is 7.01. The second kappa shape index (κ2) is 8.00. The summed E-state index contributed by atoms with van der Waals surface area (Å²) in [5.41, 5.74) is 0. The van der Waals surface area contributed by atoms with Crippen molar-refractivity contribution < 1.29 is 14.7 Å². The minimum Gasteiger partial charge on any atom is -0.474 e. The van der Waals surface area contributed by atoms with Crippen molar-refractivity contribution in [3.05, 3.63) is 0 Å². The zero-order chi connectivity index (χ0) is 10.1. The third-order valence-corrected chi connectivity index (χ3v) is 1.00. The van der Waals surface area contributed by atoms with Crippen molar-refractivity contribution in [1.82, 2.24) is 10.2 Å². The molecule has 0 aliphatic heterocycles. The number of likely N-dealkylation sites (N-methyl/N-ethyl adjacent to an activating group) is 1. The number of hydrogen-bond acceptors (Lipinski definition) is 3. The first-order valence-electron chi connectivity index (χ1n) is 3.58. The average molecular weight is 176 g/mol. The molecule has 0 aromatic carbocycles. The first-order valence-corrected chi connectivity index (χ1v) is 3.58. The van der Waals surface area contributed by atoms with Gasteiger partial charge in [0, 0.05) is 13.6 Å². The van der Waals surface area contributed by atoms with Crippen LogP contribution < -0.4 is 5.32 Å². The van der Waals surface area contributed by atoms with Gasteiger partial charge in [-0.3, -0.25) is 4.79 Å². The van der Waals surface area contributed by atoms with Crippen molar-refractivity contribution in [2.24, 2.45) is 0 Å². The van der Waals surface area contributed by atoms with Gasteiger partial charge in [0.1, 0.15) is 0 Å². The summed E-state index contributed by atoms with van der Waals surface area (Å²) in [6, 6.07) is 0. The minimum atomic E-state index is -1.40. The highest BCUT2D eigenvalue weighted by Gasteiger charge is 2.14. The van der Waals surface area contributed by atoms with Crippen LogP contribution in [0.15, 0.2) is 0 Å². The van der Waals surface area contributed by atoms with Crippen LogP contribution in [0.3, 0.4) is 0 Å². The molecule has 0 saturated heterocycles. The zero-order valence-corrected chi connectivity index (χ0v) is 7.92. The van der Waals surface area contributed by atoms with Gasteiger partial charge in [-0.25, -0.2) is 4.79 Å². The zero-order valence-electron chi connectivity index (χ0n) is 7.92. The molecule has 5 nitrogen and oxygen atoms in total. The molecule has 0 aliphatic carbocycles. The molecular formula is C7H16N2O3. The van der Waals surface area contributed by atoms with Crippen LogP contribution in [0.1, 0.15) is 6.92 Å². The van der Waals surface area contributed by atoms with E-state index in [0.29, 0.717) is 6.54 Å². The van der Waals surface area contributed by atoms with Gasteiger partial charge < -0.3 is 15.3 Å². The van der Waals surface area contributed by atoms with Crippen LogP contribution in [0, 0.1) is 0 Å². The smallest absolute Gasteiger partial charge is 0.394 e. The molecule has 0 heterocycles.